The van der Waals surface area contributed by atoms with Crippen LogP contribution in [0, 0.1) is 0 Å². The Morgan fingerprint density at radius 1 is 1.50 bits per heavy atom. The first-order valence-electron chi connectivity index (χ1n) is 5.37. The van der Waals surface area contributed by atoms with E-state index in [-0.39, 0.29) is 5.69 Å². The van der Waals surface area contributed by atoms with Gasteiger partial charge < -0.3 is 4.74 Å². The number of methoxy groups -OCH3 is 1. The Bertz CT molecular complexity index is 677. The Morgan fingerprint density at radius 2 is 2.28 bits per heavy atom. The summed E-state index contributed by atoms with van der Waals surface area (Å²) in [7, 11) is 1.33. The molecule has 0 radical (unpaired) electrons. The van der Waals surface area contributed by atoms with Crippen LogP contribution in [0.1, 0.15) is 22.6 Å². The molecule has 92 valence electrons. The number of hydrogen-bond acceptors (Lipinski definition) is 5. The van der Waals surface area contributed by atoms with Crippen molar-refractivity contribution >= 4 is 33.3 Å². The van der Waals surface area contributed by atoms with E-state index in [0.29, 0.717) is 10.3 Å². The number of ether oxygens (including phenoxy) is 1. The van der Waals surface area contributed by atoms with Crippen LogP contribution in [0.4, 0.5) is 0 Å². The van der Waals surface area contributed by atoms with Crippen molar-refractivity contribution in [2.45, 2.75) is 6.42 Å². The maximum atomic E-state index is 11.6. The third-order valence-corrected chi connectivity index (χ3v) is 3.13. The Hall–Kier alpha value is -1.76. The molecule has 0 unspecified atom stereocenters. The standard InChI is InChI=1S/C11H9BrN4O2/c1-18-11(17)7-4-8(6-2-3-13-6)16-10(14-7)5-9(12)15-16/h4-5H,2-3H2,1H3. The Labute approximate surface area is 111 Å². The van der Waals surface area contributed by atoms with Crippen molar-refractivity contribution in [2.24, 2.45) is 4.99 Å². The molecule has 0 saturated carbocycles. The van der Waals surface area contributed by atoms with Crippen LogP contribution in [0.5, 0.6) is 0 Å². The number of fused-ring (bicyclic) bond motifs is 1. The van der Waals surface area contributed by atoms with E-state index in [2.05, 4.69) is 31.0 Å². The number of esters is 1. The molecule has 2 aromatic heterocycles. The molecule has 6 nitrogen and oxygen atoms in total. The van der Waals surface area contributed by atoms with Crippen LogP contribution >= 0.6 is 15.9 Å². The minimum Gasteiger partial charge on any atom is -0.464 e. The lowest BCUT2D eigenvalue weighted by molar-refractivity contribution is 0.0594. The number of halogens is 1. The van der Waals surface area contributed by atoms with Crippen molar-refractivity contribution in [3.8, 4) is 0 Å². The Balaban J connectivity index is 2.26. The number of carbonyl (C=O) groups is 1. The lowest BCUT2D eigenvalue weighted by atomic mass is 10.1. The molecule has 1 aliphatic rings. The summed E-state index contributed by atoms with van der Waals surface area (Å²) in [5.74, 6) is -0.462. The summed E-state index contributed by atoms with van der Waals surface area (Å²) < 4.78 is 7.04. The van der Waals surface area contributed by atoms with E-state index in [1.165, 1.54) is 7.11 Å². The predicted octanol–water partition coefficient (Wildman–Crippen LogP) is 1.47. The van der Waals surface area contributed by atoms with Crippen molar-refractivity contribution in [3.63, 3.8) is 0 Å². The Kier molecular flexibility index (Phi) is 2.62. The fourth-order valence-corrected chi connectivity index (χ4v) is 2.16. The Morgan fingerprint density at radius 3 is 2.89 bits per heavy atom. The van der Waals surface area contributed by atoms with Gasteiger partial charge in [0.05, 0.1) is 18.5 Å². The van der Waals surface area contributed by atoms with Crippen molar-refractivity contribution < 1.29 is 9.53 Å². The van der Waals surface area contributed by atoms with E-state index in [4.69, 9.17) is 4.74 Å². The van der Waals surface area contributed by atoms with Crippen molar-refractivity contribution in [3.05, 3.63) is 28.1 Å². The van der Waals surface area contributed by atoms with Crippen LogP contribution in [0.15, 0.2) is 21.7 Å². The number of carbonyl (C=O) groups excluding carboxylic acids is 1. The summed E-state index contributed by atoms with van der Waals surface area (Å²) in [5, 5.41) is 4.28. The second-order valence-electron chi connectivity index (χ2n) is 3.83. The van der Waals surface area contributed by atoms with Gasteiger partial charge >= 0.3 is 5.97 Å². The highest BCUT2D eigenvalue weighted by molar-refractivity contribution is 9.10. The molecule has 2 aromatic rings. The average Bonchev–Trinajstić information content (AvgIpc) is 2.66. The van der Waals surface area contributed by atoms with E-state index in [1.807, 2.05) is 0 Å². The van der Waals surface area contributed by atoms with E-state index in [9.17, 15) is 4.79 Å². The normalized spacial score (nSPS) is 14.2. The van der Waals surface area contributed by atoms with Gasteiger partial charge in [-0.1, -0.05) is 0 Å². The van der Waals surface area contributed by atoms with Gasteiger partial charge in [0.1, 0.15) is 4.60 Å². The molecular weight excluding hydrogens is 300 g/mol. The van der Waals surface area contributed by atoms with Crippen LogP contribution in [-0.2, 0) is 4.74 Å². The summed E-state index contributed by atoms with van der Waals surface area (Å²) in [4.78, 5) is 20.1. The summed E-state index contributed by atoms with van der Waals surface area (Å²) in [6.45, 7) is 0.815. The number of hydrogen-bond donors (Lipinski definition) is 0. The highest BCUT2D eigenvalue weighted by Crippen LogP contribution is 2.18. The summed E-state index contributed by atoms with van der Waals surface area (Å²) in [5.41, 5.74) is 2.58. The molecule has 0 atom stereocenters. The summed E-state index contributed by atoms with van der Waals surface area (Å²) in [6.07, 6.45) is 0.886. The highest BCUT2D eigenvalue weighted by Gasteiger charge is 2.19. The summed E-state index contributed by atoms with van der Waals surface area (Å²) in [6, 6.07) is 3.41. The molecule has 7 heteroatoms. The van der Waals surface area contributed by atoms with E-state index in [1.54, 1.807) is 16.6 Å². The lowest BCUT2D eigenvalue weighted by Crippen LogP contribution is -2.19. The van der Waals surface area contributed by atoms with E-state index in [0.717, 1.165) is 24.4 Å². The van der Waals surface area contributed by atoms with Crippen LogP contribution < -0.4 is 0 Å². The van der Waals surface area contributed by atoms with Gasteiger partial charge in [0.15, 0.2) is 11.3 Å². The van der Waals surface area contributed by atoms with E-state index >= 15 is 0 Å². The SMILES string of the molecule is COC(=O)c1cc(C2=NCC2)n2nc(Br)cc2n1. The molecule has 0 aliphatic carbocycles. The third kappa shape index (κ3) is 1.71. The maximum absolute atomic E-state index is 11.6. The number of aromatic nitrogens is 3. The molecule has 1 aliphatic heterocycles. The van der Waals surface area contributed by atoms with Gasteiger partial charge in [-0.3, -0.25) is 4.99 Å². The minimum absolute atomic E-state index is 0.266. The monoisotopic (exact) mass is 308 g/mol. The molecule has 3 heterocycles. The van der Waals surface area contributed by atoms with Crippen LogP contribution in [0.25, 0.3) is 5.65 Å². The van der Waals surface area contributed by atoms with Crippen molar-refractivity contribution in [2.75, 3.05) is 13.7 Å². The van der Waals surface area contributed by atoms with Gasteiger partial charge in [-0.2, -0.15) is 5.10 Å². The third-order valence-electron chi connectivity index (χ3n) is 2.74. The van der Waals surface area contributed by atoms with Crippen molar-refractivity contribution in [1.82, 2.24) is 14.6 Å². The molecule has 3 rings (SSSR count). The topological polar surface area (TPSA) is 68.8 Å². The lowest BCUT2D eigenvalue weighted by Gasteiger charge is -2.14. The largest absolute Gasteiger partial charge is 0.464 e. The molecule has 0 amide bonds. The van der Waals surface area contributed by atoms with E-state index < -0.39 is 5.97 Å². The van der Waals surface area contributed by atoms with Gasteiger partial charge in [-0.05, 0) is 22.0 Å². The average molecular weight is 309 g/mol. The smallest absolute Gasteiger partial charge is 0.356 e. The molecule has 0 aromatic carbocycles. The zero-order valence-corrected chi connectivity index (χ0v) is 11.1. The number of aliphatic imine (C=N–C) groups is 1. The number of rotatable bonds is 2. The van der Waals surface area contributed by atoms with Crippen LogP contribution in [-0.4, -0.2) is 39.9 Å². The first-order chi connectivity index (χ1) is 8.69. The first-order valence-corrected chi connectivity index (χ1v) is 6.16. The van der Waals surface area contributed by atoms with Gasteiger partial charge in [-0.25, -0.2) is 14.3 Å². The van der Waals surface area contributed by atoms with Crippen molar-refractivity contribution in [1.29, 1.82) is 0 Å². The molecular formula is C11H9BrN4O2. The fourth-order valence-electron chi connectivity index (χ4n) is 1.79. The predicted molar refractivity (Wildman–Crippen MR) is 68.0 cm³/mol. The molecule has 0 N–H and O–H groups in total. The maximum Gasteiger partial charge on any atom is 0.356 e. The second kappa shape index (κ2) is 4.16. The van der Waals surface area contributed by atoms with Gasteiger partial charge in [0.2, 0.25) is 0 Å². The minimum atomic E-state index is -0.462. The van der Waals surface area contributed by atoms with Gasteiger partial charge in [-0.15, -0.1) is 0 Å². The summed E-state index contributed by atoms with van der Waals surface area (Å²) >= 11 is 3.30. The first kappa shape index (κ1) is 11.3. The zero-order valence-electron chi connectivity index (χ0n) is 9.55. The molecule has 18 heavy (non-hydrogen) atoms. The molecule has 0 bridgehead atoms. The van der Waals surface area contributed by atoms with Gasteiger partial charge in [0, 0.05) is 19.0 Å². The molecule has 0 fully saturated rings. The zero-order chi connectivity index (χ0) is 12.7. The fraction of sp³-hybridized carbons (Fsp3) is 0.273. The second-order valence-corrected chi connectivity index (χ2v) is 4.65. The number of nitrogens with zero attached hydrogens (tertiary/aromatic N) is 4. The quantitative estimate of drug-likeness (QED) is 0.788. The van der Waals surface area contributed by atoms with Crippen LogP contribution in [0.2, 0.25) is 0 Å². The van der Waals surface area contributed by atoms with Gasteiger partial charge in [0.25, 0.3) is 0 Å². The molecule has 0 spiro atoms. The molecule has 0 saturated heterocycles. The van der Waals surface area contributed by atoms with Crippen LogP contribution in [0.3, 0.4) is 0 Å². The highest BCUT2D eigenvalue weighted by atomic mass is 79.9.